The minimum Gasteiger partial charge on any atom is -0.307 e. The molecule has 100 valence electrons. The summed E-state index contributed by atoms with van der Waals surface area (Å²) in [6.45, 7) is 6.03. The highest BCUT2D eigenvalue weighted by atomic mass is 35.5. The van der Waals surface area contributed by atoms with Crippen molar-refractivity contribution >= 4 is 34.7 Å². The quantitative estimate of drug-likeness (QED) is 0.811. The second-order valence-electron chi connectivity index (χ2n) is 4.74. The van der Waals surface area contributed by atoms with Crippen molar-refractivity contribution < 1.29 is 4.79 Å². The molecule has 0 saturated carbocycles. The average molecular weight is 285 g/mol. The first kappa shape index (κ1) is 12.8. The number of rotatable bonds is 1. The molecule has 2 amide bonds. The van der Waals surface area contributed by atoms with E-state index in [2.05, 4.69) is 11.9 Å². The summed E-state index contributed by atoms with van der Waals surface area (Å²) in [5.74, 6) is 0. The Bertz CT molecular complexity index is 724. The maximum absolute atomic E-state index is 12.3. The number of nitrogens with zero attached hydrogens (tertiary/aromatic N) is 1. The van der Waals surface area contributed by atoms with E-state index in [1.807, 2.05) is 37.3 Å². The van der Waals surface area contributed by atoms with Crippen molar-refractivity contribution in [3.63, 3.8) is 0 Å². The van der Waals surface area contributed by atoms with Crippen LogP contribution < -0.4 is 10.2 Å². The van der Waals surface area contributed by atoms with Crippen molar-refractivity contribution in [1.29, 1.82) is 0 Å². The second kappa shape index (κ2) is 4.69. The van der Waals surface area contributed by atoms with Gasteiger partial charge in [0.15, 0.2) is 0 Å². The summed E-state index contributed by atoms with van der Waals surface area (Å²) in [7, 11) is 0. The standard InChI is InChI=1S/C16H13ClN2O/c1-10-6-7-14-11(2)19(16(20)18-15(14)8-10)13-5-3-4-12(17)9-13/h3-9H,2H2,1H3,(H,18,20). The van der Waals surface area contributed by atoms with E-state index in [9.17, 15) is 4.79 Å². The van der Waals surface area contributed by atoms with Crippen molar-refractivity contribution in [3.05, 3.63) is 65.2 Å². The van der Waals surface area contributed by atoms with Crippen molar-refractivity contribution in [1.82, 2.24) is 0 Å². The van der Waals surface area contributed by atoms with E-state index < -0.39 is 0 Å². The summed E-state index contributed by atoms with van der Waals surface area (Å²) in [5, 5.41) is 3.46. The molecule has 2 aromatic rings. The van der Waals surface area contributed by atoms with Crippen LogP contribution in [0, 0.1) is 6.92 Å². The van der Waals surface area contributed by atoms with Crippen LogP contribution in [0.1, 0.15) is 11.1 Å². The molecule has 4 heteroatoms. The predicted molar refractivity (Wildman–Crippen MR) is 83.2 cm³/mol. The molecule has 3 rings (SSSR count). The monoisotopic (exact) mass is 284 g/mol. The molecule has 20 heavy (non-hydrogen) atoms. The molecule has 0 spiro atoms. The van der Waals surface area contributed by atoms with Gasteiger partial charge in [-0.1, -0.05) is 36.4 Å². The van der Waals surface area contributed by atoms with Gasteiger partial charge in [0.2, 0.25) is 0 Å². The Balaban J connectivity index is 2.09. The van der Waals surface area contributed by atoms with Crippen LogP contribution in [0.25, 0.3) is 5.70 Å². The molecule has 0 fully saturated rings. The maximum atomic E-state index is 12.3. The van der Waals surface area contributed by atoms with Gasteiger partial charge in [-0.25, -0.2) is 4.79 Å². The van der Waals surface area contributed by atoms with E-state index in [-0.39, 0.29) is 6.03 Å². The molecule has 2 aromatic carbocycles. The van der Waals surface area contributed by atoms with E-state index in [1.54, 1.807) is 12.1 Å². The Morgan fingerprint density at radius 1 is 1.20 bits per heavy atom. The Morgan fingerprint density at radius 3 is 2.75 bits per heavy atom. The molecule has 1 heterocycles. The van der Waals surface area contributed by atoms with Gasteiger partial charge in [-0.05, 0) is 36.8 Å². The van der Waals surface area contributed by atoms with Gasteiger partial charge in [-0.2, -0.15) is 0 Å². The van der Waals surface area contributed by atoms with Gasteiger partial charge in [-0.15, -0.1) is 0 Å². The molecule has 3 nitrogen and oxygen atoms in total. The van der Waals surface area contributed by atoms with E-state index in [1.165, 1.54) is 4.90 Å². The van der Waals surface area contributed by atoms with Crippen LogP contribution >= 0.6 is 11.6 Å². The summed E-state index contributed by atoms with van der Waals surface area (Å²) >= 11 is 5.99. The fraction of sp³-hybridized carbons (Fsp3) is 0.0625. The van der Waals surface area contributed by atoms with Crippen molar-refractivity contribution in [2.75, 3.05) is 10.2 Å². The van der Waals surface area contributed by atoms with Crippen LogP contribution in [0.15, 0.2) is 49.0 Å². The number of carbonyl (C=O) groups is 1. The molecule has 0 radical (unpaired) electrons. The fourth-order valence-electron chi connectivity index (χ4n) is 2.32. The Morgan fingerprint density at radius 2 is 2.00 bits per heavy atom. The number of halogens is 1. The van der Waals surface area contributed by atoms with Gasteiger partial charge < -0.3 is 5.32 Å². The van der Waals surface area contributed by atoms with Gasteiger partial charge in [0, 0.05) is 10.6 Å². The second-order valence-corrected chi connectivity index (χ2v) is 5.18. The van der Waals surface area contributed by atoms with Crippen LogP contribution in [0.2, 0.25) is 5.02 Å². The van der Waals surface area contributed by atoms with Crippen molar-refractivity contribution in [3.8, 4) is 0 Å². The van der Waals surface area contributed by atoms with Gasteiger partial charge >= 0.3 is 6.03 Å². The number of urea groups is 1. The molecule has 0 aliphatic carbocycles. The molecular formula is C16H13ClN2O. The summed E-state index contributed by atoms with van der Waals surface area (Å²) in [5.41, 5.74) is 4.14. The largest absolute Gasteiger partial charge is 0.330 e. The van der Waals surface area contributed by atoms with Gasteiger partial charge in [0.1, 0.15) is 0 Å². The zero-order valence-electron chi connectivity index (χ0n) is 11.0. The van der Waals surface area contributed by atoms with Gasteiger partial charge in [0.25, 0.3) is 0 Å². The third-order valence-electron chi connectivity index (χ3n) is 3.27. The Kier molecular flexibility index (Phi) is 2.99. The molecular weight excluding hydrogens is 272 g/mol. The number of aryl methyl sites for hydroxylation is 1. The first-order chi connectivity index (χ1) is 9.56. The number of hydrogen-bond acceptors (Lipinski definition) is 1. The number of amides is 2. The molecule has 1 aliphatic heterocycles. The van der Waals surface area contributed by atoms with Crippen LogP contribution in [-0.2, 0) is 0 Å². The summed E-state index contributed by atoms with van der Waals surface area (Å²) < 4.78 is 0. The summed E-state index contributed by atoms with van der Waals surface area (Å²) in [6.07, 6.45) is 0. The molecule has 1 N–H and O–H groups in total. The number of fused-ring (bicyclic) bond motifs is 1. The SMILES string of the molecule is C=C1c2ccc(C)cc2NC(=O)N1c1cccc(Cl)c1. The fourth-order valence-corrected chi connectivity index (χ4v) is 2.50. The van der Waals surface area contributed by atoms with Gasteiger partial charge in [0.05, 0.1) is 17.1 Å². The van der Waals surface area contributed by atoms with E-state index in [0.717, 1.165) is 16.8 Å². The van der Waals surface area contributed by atoms with Crippen LogP contribution in [-0.4, -0.2) is 6.03 Å². The topological polar surface area (TPSA) is 32.3 Å². The molecule has 0 bridgehead atoms. The first-order valence-corrected chi connectivity index (χ1v) is 6.60. The lowest BCUT2D eigenvalue weighted by Gasteiger charge is -2.31. The Hall–Kier alpha value is -2.26. The van der Waals surface area contributed by atoms with Gasteiger partial charge in [-0.3, -0.25) is 4.90 Å². The lowest BCUT2D eigenvalue weighted by atomic mass is 10.0. The number of hydrogen-bond donors (Lipinski definition) is 1. The molecule has 0 saturated heterocycles. The minimum atomic E-state index is -0.227. The zero-order valence-corrected chi connectivity index (χ0v) is 11.7. The number of anilines is 2. The highest BCUT2D eigenvalue weighted by Crippen LogP contribution is 2.35. The van der Waals surface area contributed by atoms with E-state index in [4.69, 9.17) is 11.6 Å². The normalized spacial score (nSPS) is 14.0. The van der Waals surface area contributed by atoms with Crippen LogP contribution in [0.4, 0.5) is 16.2 Å². The van der Waals surface area contributed by atoms with Crippen LogP contribution in [0.3, 0.4) is 0 Å². The number of nitrogens with one attached hydrogen (secondary N) is 1. The lowest BCUT2D eigenvalue weighted by molar-refractivity contribution is 0.259. The van der Waals surface area contributed by atoms with Crippen molar-refractivity contribution in [2.24, 2.45) is 0 Å². The summed E-state index contributed by atoms with van der Waals surface area (Å²) in [4.78, 5) is 13.8. The number of benzene rings is 2. The third-order valence-corrected chi connectivity index (χ3v) is 3.50. The highest BCUT2D eigenvalue weighted by Gasteiger charge is 2.27. The zero-order chi connectivity index (χ0) is 14.3. The third kappa shape index (κ3) is 2.06. The van der Waals surface area contributed by atoms with Crippen LogP contribution in [0.5, 0.6) is 0 Å². The minimum absolute atomic E-state index is 0.227. The van der Waals surface area contributed by atoms with E-state index >= 15 is 0 Å². The lowest BCUT2D eigenvalue weighted by Crippen LogP contribution is -2.37. The number of carbonyl (C=O) groups excluding carboxylic acids is 1. The highest BCUT2D eigenvalue weighted by molar-refractivity contribution is 6.31. The molecule has 0 unspecified atom stereocenters. The predicted octanol–water partition coefficient (Wildman–Crippen LogP) is 4.67. The summed E-state index contributed by atoms with van der Waals surface area (Å²) in [6, 6.07) is 12.8. The first-order valence-electron chi connectivity index (χ1n) is 6.23. The average Bonchev–Trinajstić information content (AvgIpc) is 2.38. The van der Waals surface area contributed by atoms with Crippen molar-refractivity contribution in [2.45, 2.75) is 6.92 Å². The smallest absolute Gasteiger partial charge is 0.307 e. The molecule has 0 aromatic heterocycles. The Labute approximate surface area is 122 Å². The van der Waals surface area contributed by atoms with E-state index in [0.29, 0.717) is 16.4 Å². The molecule has 0 atom stereocenters. The maximum Gasteiger partial charge on any atom is 0.330 e. The molecule has 1 aliphatic rings.